The maximum atomic E-state index is 13.0. The van der Waals surface area contributed by atoms with Crippen LogP contribution in [0.3, 0.4) is 0 Å². The van der Waals surface area contributed by atoms with Crippen molar-refractivity contribution in [3.8, 4) is 0 Å². The second-order valence-electron chi connectivity index (χ2n) is 9.70. The van der Waals surface area contributed by atoms with Crippen molar-refractivity contribution >= 4 is 12.1 Å². The average Bonchev–Trinajstić information content (AvgIpc) is 3.23. The topological polar surface area (TPSA) is 67.9 Å². The Kier molecular flexibility index (Phi) is 6.51. The van der Waals surface area contributed by atoms with Gasteiger partial charge in [-0.3, -0.25) is 4.90 Å². The van der Waals surface area contributed by atoms with Gasteiger partial charge >= 0.3 is 12.1 Å². The maximum Gasteiger partial charge on any atom is 0.411 e. The Morgan fingerprint density at radius 2 is 1.72 bits per heavy atom. The van der Waals surface area contributed by atoms with Gasteiger partial charge in [-0.25, -0.2) is 9.59 Å². The standard InChI is InChI=1S/C26H32N2O4/c1-26(2,3)32-25(30)28-16-21(22-13-19-11-7-8-12-20(19)15-27-22)14-23(28)24(29)31-17-18-9-5-4-6-10-18/h4-12,21-23,27H,13-17H2,1-3H3/t21?,22?,23-/m0/s1. The van der Waals surface area contributed by atoms with Crippen molar-refractivity contribution in [2.45, 2.75) is 64.4 Å². The van der Waals surface area contributed by atoms with E-state index in [1.54, 1.807) is 4.90 Å². The van der Waals surface area contributed by atoms with Crippen LogP contribution in [0.4, 0.5) is 4.79 Å². The first kappa shape index (κ1) is 22.3. The third-order valence-electron chi connectivity index (χ3n) is 6.14. The third kappa shape index (κ3) is 5.30. The molecule has 2 unspecified atom stereocenters. The van der Waals surface area contributed by atoms with Gasteiger partial charge in [-0.05, 0) is 56.2 Å². The molecule has 2 aromatic rings. The van der Waals surface area contributed by atoms with Gasteiger partial charge in [0, 0.05) is 19.1 Å². The van der Waals surface area contributed by atoms with Crippen molar-refractivity contribution in [3.05, 3.63) is 71.3 Å². The largest absolute Gasteiger partial charge is 0.459 e. The molecule has 0 aromatic heterocycles. The van der Waals surface area contributed by atoms with E-state index in [4.69, 9.17) is 9.47 Å². The minimum Gasteiger partial charge on any atom is -0.459 e. The van der Waals surface area contributed by atoms with Crippen LogP contribution in [0.5, 0.6) is 0 Å². The van der Waals surface area contributed by atoms with E-state index >= 15 is 0 Å². The summed E-state index contributed by atoms with van der Waals surface area (Å²) in [7, 11) is 0. The Morgan fingerprint density at radius 1 is 1.03 bits per heavy atom. The second kappa shape index (κ2) is 9.33. The van der Waals surface area contributed by atoms with Crippen LogP contribution >= 0.6 is 0 Å². The van der Waals surface area contributed by atoms with E-state index in [0.29, 0.717) is 13.0 Å². The molecule has 0 aliphatic carbocycles. The smallest absolute Gasteiger partial charge is 0.411 e. The van der Waals surface area contributed by atoms with Crippen LogP contribution < -0.4 is 5.32 Å². The monoisotopic (exact) mass is 436 g/mol. The minimum absolute atomic E-state index is 0.144. The van der Waals surface area contributed by atoms with Gasteiger partial charge in [-0.15, -0.1) is 0 Å². The van der Waals surface area contributed by atoms with Gasteiger partial charge in [0.25, 0.3) is 0 Å². The van der Waals surface area contributed by atoms with E-state index in [1.165, 1.54) is 11.1 Å². The quantitative estimate of drug-likeness (QED) is 0.732. The molecule has 2 aliphatic rings. The zero-order valence-electron chi connectivity index (χ0n) is 19.0. The molecule has 1 amide bonds. The van der Waals surface area contributed by atoms with Gasteiger partial charge in [0.15, 0.2) is 0 Å². The number of nitrogens with zero attached hydrogens (tertiary/aromatic N) is 1. The second-order valence-corrected chi connectivity index (χ2v) is 9.70. The highest BCUT2D eigenvalue weighted by molar-refractivity contribution is 5.82. The predicted octanol–water partition coefficient (Wildman–Crippen LogP) is 4.07. The molecular formula is C26H32N2O4. The number of hydrogen-bond acceptors (Lipinski definition) is 5. The summed E-state index contributed by atoms with van der Waals surface area (Å²) in [6.07, 6.45) is 0.986. The summed E-state index contributed by atoms with van der Waals surface area (Å²) in [5.41, 5.74) is 2.93. The van der Waals surface area contributed by atoms with Gasteiger partial charge in [0.2, 0.25) is 0 Å². The molecule has 1 fully saturated rings. The fraction of sp³-hybridized carbons (Fsp3) is 0.462. The number of fused-ring (bicyclic) bond motifs is 1. The lowest BCUT2D eigenvalue weighted by Gasteiger charge is -2.31. The first-order valence-corrected chi connectivity index (χ1v) is 11.3. The molecule has 0 saturated carbocycles. The number of hydrogen-bond donors (Lipinski definition) is 1. The minimum atomic E-state index is -0.641. The van der Waals surface area contributed by atoms with Gasteiger partial charge in [0.1, 0.15) is 18.2 Å². The van der Waals surface area contributed by atoms with Crippen LogP contribution in [0.2, 0.25) is 0 Å². The summed E-state index contributed by atoms with van der Waals surface area (Å²) in [6.45, 7) is 6.97. The number of carbonyl (C=O) groups excluding carboxylic acids is 2. The lowest BCUT2D eigenvalue weighted by atomic mass is 9.87. The van der Waals surface area contributed by atoms with E-state index < -0.39 is 17.7 Å². The number of esters is 1. The average molecular weight is 437 g/mol. The number of nitrogens with one attached hydrogen (secondary N) is 1. The van der Waals surface area contributed by atoms with E-state index in [1.807, 2.05) is 51.1 Å². The highest BCUT2D eigenvalue weighted by Gasteiger charge is 2.45. The Morgan fingerprint density at radius 3 is 2.44 bits per heavy atom. The Labute approximate surface area is 189 Å². The summed E-state index contributed by atoms with van der Waals surface area (Å²) in [5.74, 6) is -0.233. The molecule has 2 aliphatic heterocycles. The van der Waals surface area contributed by atoms with Crippen LogP contribution in [0.25, 0.3) is 0 Å². The molecule has 1 N–H and O–H groups in total. The predicted molar refractivity (Wildman–Crippen MR) is 122 cm³/mol. The van der Waals surface area contributed by atoms with Gasteiger partial charge in [-0.1, -0.05) is 54.6 Å². The molecule has 4 rings (SSSR count). The van der Waals surface area contributed by atoms with Gasteiger partial charge in [0.05, 0.1) is 0 Å². The summed E-state index contributed by atoms with van der Waals surface area (Å²) >= 11 is 0. The zero-order chi connectivity index (χ0) is 22.7. The summed E-state index contributed by atoms with van der Waals surface area (Å²) < 4.78 is 11.2. The molecule has 2 aromatic carbocycles. The van der Waals surface area contributed by atoms with Crippen molar-refractivity contribution in [1.82, 2.24) is 10.2 Å². The summed E-state index contributed by atoms with van der Waals surface area (Å²) in [5, 5.41) is 3.61. The van der Waals surface area contributed by atoms with E-state index in [0.717, 1.165) is 18.5 Å². The molecule has 0 spiro atoms. The van der Waals surface area contributed by atoms with Crippen LogP contribution in [-0.4, -0.2) is 41.2 Å². The fourth-order valence-electron chi connectivity index (χ4n) is 4.54. The fourth-order valence-corrected chi connectivity index (χ4v) is 4.54. The molecular weight excluding hydrogens is 404 g/mol. The molecule has 6 nitrogen and oxygen atoms in total. The summed E-state index contributed by atoms with van der Waals surface area (Å²) in [4.78, 5) is 27.5. The first-order valence-electron chi connectivity index (χ1n) is 11.3. The van der Waals surface area contributed by atoms with E-state index in [2.05, 4.69) is 29.6 Å². The number of carbonyl (C=O) groups is 2. The van der Waals surface area contributed by atoms with Crippen LogP contribution in [0.1, 0.15) is 43.9 Å². The molecule has 1 saturated heterocycles. The number of ether oxygens (including phenoxy) is 2. The maximum absolute atomic E-state index is 13.0. The molecule has 170 valence electrons. The van der Waals surface area contributed by atoms with E-state index in [-0.39, 0.29) is 24.5 Å². The molecule has 0 radical (unpaired) electrons. The van der Waals surface area contributed by atoms with Crippen LogP contribution in [-0.2, 0) is 33.8 Å². The highest BCUT2D eigenvalue weighted by atomic mass is 16.6. The summed E-state index contributed by atoms with van der Waals surface area (Å²) in [6, 6.07) is 17.6. The Bertz CT molecular complexity index is 954. The van der Waals surface area contributed by atoms with Crippen LogP contribution in [0, 0.1) is 5.92 Å². The van der Waals surface area contributed by atoms with Crippen molar-refractivity contribution in [2.75, 3.05) is 6.54 Å². The Hall–Kier alpha value is -2.86. The van der Waals surface area contributed by atoms with Gasteiger partial charge < -0.3 is 14.8 Å². The van der Waals surface area contributed by atoms with Crippen molar-refractivity contribution in [3.63, 3.8) is 0 Å². The zero-order valence-corrected chi connectivity index (χ0v) is 19.0. The lowest BCUT2D eigenvalue weighted by molar-refractivity contribution is -0.150. The van der Waals surface area contributed by atoms with Gasteiger partial charge in [-0.2, -0.15) is 0 Å². The van der Waals surface area contributed by atoms with Crippen molar-refractivity contribution in [2.24, 2.45) is 5.92 Å². The SMILES string of the molecule is CC(C)(C)OC(=O)N1CC(C2Cc3ccccc3CN2)C[C@H]1C(=O)OCc1ccccc1. The lowest BCUT2D eigenvalue weighted by Crippen LogP contribution is -2.45. The van der Waals surface area contributed by atoms with Crippen molar-refractivity contribution < 1.29 is 19.1 Å². The molecule has 2 heterocycles. The highest BCUT2D eigenvalue weighted by Crippen LogP contribution is 2.32. The molecule has 6 heteroatoms. The number of rotatable bonds is 4. The third-order valence-corrected chi connectivity index (χ3v) is 6.14. The Balaban J connectivity index is 1.47. The first-order chi connectivity index (χ1) is 15.3. The van der Waals surface area contributed by atoms with Crippen molar-refractivity contribution in [1.29, 1.82) is 0 Å². The normalized spacial score (nSPS) is 22.8. The molecule has 0 bridgehead atoms. The van der Waals surface area contributed by atoms with Crippen LogP contribution in [0.15, 0.2) is 54.6 Å². The molecule has 3 atom stereocenters. The number of amides is 1. The number of likely N-dealkylation sites (tertiary alicyclic amines) is 1. The van der Waals surface area contributed by atoms with E-state index in [9.17, 15) is 9.59 Å². The molecule has 32 heavy (non-hydrogen) atoms. The number of benzene rings is 2.